The molecule has 0 aromatic heterocycles. The fourth-order valence-electron chi connectivity index (χ4n) is 2.21. The number of aryl methyl sites for hydroxylation is 4. The van der Waals surface area contributed by atoms with Crippen molar-refractivity contribution in [1.29, 1.82) is 0 Å². The molecule has 2 aromatic rings. The second kappa shape index (κ2) is 5.30. The summed E-state index contributed by atoms with van der Waals surface area (Å²) in [5, 5.41) is 0. The maximum absolute atomic E-state index is 12.6. The van der Waals surface area contributed by atoms with Crippen molar-refractivity contribution in [2.45, 2.75) is 27.7 Å². The summed E-state index contributed by atoms with van der Waals surface area (Å²) in [6.45, 7) is 8.01. The number of ketones is 1. The van der Waals surface area contributed by atoms with Crippen LogP contribution in [0.5, 0.6) is 0 Å². The van der Waals surface area contributed by atoms with Crippen LogP contribution in [0.2, 0.25) is 0 Å². The fourth-order valence-corrected chi connectivity index (χ4v) is 2.44. The van der Waals surface area contributed by atoms with E-state index in [-0.39, 0.29) is 5.78 Å². The van der Waals surface area contributed by atoms with Gasteiger partial charge in [0, 0.05) is 15.6 Å². The minimum Gasteiger partial charge on any atom is -0.289 e. The highest BCUT2D eigenvalue weighted by atomic mass is 79.9. The number of hydrogen-bond acceptors (Lipinski definition) is 1. The molecule has 0 spiro atoms. The number of hydrogen-bond donors (Lipinski definition) is 0. The summed E-state index contributed by atoms with van der Waals surface area (Å²) < 4.78 is 1.07. The van der Waals surface area contributed by atoms with E-state index in [0.717, 1.165) is 37.9 Å². The minimum atomic E-state index is 0.0971. The third-order valence-corrected chi connectivity index (χ3v) is 4.59. The molecule has 0 N–H and O–H groups in total. The van der Waals surface area contributed by atoms with Gasteiger partial charge in [0.2, 0.25) is 0 Å². The Hall–Kier alpha value is -1.41. The molecule has 0 aliphatic heterocycles. The van der Waals surface area contributed by atoms with E-state index in [2.05, 4.69) is 15.9 Å². The lowest BCUT2D eigenvalue weighted by atomic mass is 9.95. The monoisotopic (exact) mass is 316 g/mol. The van der Waals surface area contributed by atoms with Crippen LogP contribution >= 0.6 is 15.9 Å². The van der Waals surface area contributed by atoms with Crippen LogP contribution in [0.4, 0.5) is 0 Å². The molecule has 0 amide bonds. The van der Waals surface area contributed by atoms with Gasteiger partial charge in [0.05, 0.1) is 0 Å². The molecule has 0 unspecified atom stereocenters. The topological polar surface area (TPSA) is 17.1 Å². The summed E-state index contributed by atoms with van der Waals surface area (Å²) >= 11 is 3.53. The van der Waals surface area contributed by atoms with Crippen molar-refractivity contribution in [2.24, 2.45) is 0 Å². The van der Waals surface area contributed by atoms with E-state index in [1.807, 2.05) is 58.0 Å². The first-order chi connectivity index (χ1) is 8.90. The summed E-state index contributed by atoms with van der Waals surface area (Å²) in [4.78, 5) is 12.6. The first kappa shape index (κ1) is 14.0. The van der Waals surface area contributed by atoms with Crippen molar-refractivity contribution >= 4 is 21.7 Å². The Morgan fingerprint density at radius 2 is 1.47 bits per heavy atom. The van der Waals surface area contributed by atoms with Crippen LogP contribution in [0.3, 0.4) is 0 Å². The molecule has 0 aliphatic carbocycles. The van der Waals surface area contributed by atoms with Crippen molar-refractivity contribution in [3.63, 3.8) is 0 Å². The van der Waals surface area contributed by atoms with Gasteiger partial charge in [-0.1, -0.05) is 33.6 Å². The van der Waals surface area contributed by atoms with Crippen molar-refractivity contribution < 1.29 is 4.79 Å². The molecule has 0 bridgehead atoms. The zero-order valence-electron chi connectivity index (χ0n) is 11.7. The SMILES string of the molecule is Cc1ccc(C)c(C(=O)c2cc(C)c(Br)c(C)c2)c1. The third-order valence-electron chi connectivity index (χ3n) is 3.34. The molecule has 98 valence electrons. The number of halogens is 1. The highest BCUT2D eigenvalue weighted by molar-refractivity contribution is 9.10. The molecule has 0 radical (unpaired) electrons. The molecule has 0 atom stereocenters. The van der Waals surface area contributed by atoms with Crippen LogP contribution in [-0.2, 0) is 0 Å². The molecule has 2 heteroatoms. The summed E-state index contributed by atoms with van der Waals surface area (Å²) in [5.41, 5.74) is 5.86. The van der Waals surface area contributed by atoms with E-state index in [4.69, 9.17) is 0 Å². The van der Waals surface area contributed by atoms with Gasteiger partial charge in [-0.05, 0) is 62.6 Å². The summed E-state index contributed by atoms with van der Waals surface area (Å²) in [7, 11) is 0. The Bertz CT molecular complexity index is 633. The number of rotatable bonds is 2. The standard InChI is InChI=1S/C17H17BrO/c1-10-5-6-11(2)15(7-10)17(19)14-8-12(3)16(18)13(4)9-14/h5-9H,1-4H3. The molecule has 0 fully saturated rings. The summed E-state index contributed by atoms with van der Waals surface area (Å²) in [5.74, 6) is 0.0971. The molecule has 0 heterocycles. The number of benzene rings is 2. The van der Waals surface area contributed by atoms with Crippen LogP contribution in [-0.4, -0.2) is 5.78 Å². The average Bonchev–Trinajstić information content (AvgIpc) is 2.37. The first-order valence-corrected chi connectivity index (χ1v) is 7.08. The van der Waals surface area contributed by atoms with E-state index < -0.39 is 0 Å². The Kier molecular flexibility index (Phi) is 3.91. The smallest absolute Gasteiger partial charge is 0.193 e. The van der Waals surface area contributed by atoms with Crippen LogP contribution in [0, 0.1) is 27.7 Å². The minimum absolute atomic E-state index is 0.0971. The molecular weight excluding hydrogens is 300 g/mol. The van der Waals surface area contributed by atoms with E-state index in [1.54, 1.807) is 0 Å². The molecule has 0 saturated carbocycles. The maximum atomic E-state index is 12.6. The molecule has 0 aliphatic rings. The van der Waals surface area contributed by atoms with Crippen molar-refractivity contribution in [3.8, 4) is 0 Å². The molecule has 1 nitrogen and oxygen atoms in total. The molecule has 2 aromatic carbocycles. The normalized spacial score (nSPS) is 10.6. The molecule has 2 rings (SSSR count). The Balaban J connectivity index is 2.53. The quantitative estimate of drug-likeness (QED) is 0.719. The second-order valence-corrected chi connectivity index (χ2v) is 5.86. The van der Waals surface area contributed by atoms with Crippen molar-refractivity contribution in [2.75, 3.05) is 0 Å². The summed E-state index contributed by atoms with van der Waals surface area (Å²) in [6.07, 6.45) is 0. The van der Waals surface area contributed by atoms with Crippen LogP contribution in [0.15, 0.2) is 34.8 Å². The Labute approximate surface area is 122 Å². The van der Waals surface area contributed by atoms with Gasteiger partial charge in [-0.3, -0.25) is 4.79 Å². The zero-order chi connectivity index (χ0) is 14.2. The van der Waals surface area contributed by atoms with Crippen LogP contribution < -0.4 is 0 Å². The van der Waals surface area contributed by atoms with Gasteiger partial charge in [-0.2, -0.15) is 0 Å². The van der Waals surface area contributed by atoms with E-state index in [9.17, 15) is 4.79 Å². The molecule has 19 heavy (non-hydrogen) atoms. The van der Waals surface area contributed by atoms with Crippen molar-refractivity contribution in [3.05, 3.63) is 68.2 Å². The van der Waals surface area contributed by atoms with Crippen molar-refractivity contribution in [1.82, 2.24) is 0 Å². The Morgan fingerprint density at radius 1 is 0.895 bits per heavy atom. The van der Waals surface area contributed by atoms with Gasteiger partial charge >= 0.3 is 0 Å². The lowest BCUT2D eigenvalue weighted by Crippen LogP contribution is -2.05. The number of carbonyl (C=O) groups is 1. The highest BCUT2D eigenvalue weighted by Crippen LogP contribution is 2.24. The Morgan fingerprint density at radius 3 is 2.05 bits per heavy atom. The van der Waals surface area contributed by atoms with Gasteiger partial charge in [0.15, 0.2) is 5.78 Å². The largest absolute Gasteiger partial charge is 0.289 e. The van der Waals surface area contributed by atoms with Crippen LogP contribution in [0.1, 0.15) is 38.2 Å². The summed E-state index contributed by atoms with van der Waals surface area (Å²) in [6, 6.07) is 9.89. The third kappa shape index (κ3) is 2.79. The lowest BCUT2D eigenvalue weighted by molar-refractivity contribution is 0.103. The predicted octanol–water partition coefficient (Wildman–Crippen LogP) is 4.91. The maximum Gasteiger partial charge on any atom is 0.193 e. The van der Waals surface area contributed by atoms with E-state index in [0.29, 0.717) is 0 Å². The number of carbonyl (C=O) groups excluding carboxylic acids is 1. The van der Waals surface area contributed by atoms with E-state index >= 15 is 0 Å². The first-order valence-electron chi connectivity index (χ1n) is 6.29. The van der Waals surface area contributed by atoms with Gasteiger partial charge in [-0.25, -0.2) is 0 Å². The predicted molar refractivity (Wildman–Crippen MR) is 83.0 cm³/mol. The van der Waals surface area contributed by atoms with E-state index in [1.165, 1.54) is 0 Å². The molecule has 0 saturated heterocycles. The van der Waals surface area contributed by atoms with Crippen LogP contribution in [0.25, 0.3) is 0 Å². The van der Waals surface area contributed by atoms with Gasteiger partial charge in [0.25, 0.3) is 0 Å². The molecular formula is C17H17BrO. The highest BCUT2D eigenvalue weighted by Gasteiger charge is 2.14. The second-order valence-electron chi connectivity index (χ2n) is 5.07. The van der Waals surface area contributed by atoms with Gasteiger partial charge in [0.1, 0.15) is 0 Å². The average molecular weight is 317 g/mol. The fraction of sp³-hybridized carbons (Fsp3) is 0.235. The lowest BCUT2D eigenvalue weighted by Gasteiger charge is -2.10. The zero-order valence-corrected chi connectivity index (χ0v) is 13.3. The van der Waals surface area contributed by atoms with Gasteiger partial charge in [-0.15, -0.1) is 0 Å². The van der Waals surface area contributed by atoms with Gasteiger partial charge < -0.3 is 0 Å².